The Balaban J connectivity index is 1.90. The molecule has 1 heterocycles. The minimum atomic E-state index is -0.991. The number of nitrogens with two attached hydrogens (primary N) is 1. The van der Waals surface area contributed by atoms with Crippen molar-refractivity contribution in [2.45, 2.75) is 6.54 Å². The van der Waals surface area contributed by atoms with Gasteiger partial charge >= 0.3 is 5.97 Å². The maximum absolute atomic E-state index is 11.9. The molecule has 0 unspecified atom stereocenters. The lowest BCUT2D eigenvalue weighted by Crippen LogP contribution is -2.09. The standard InChI is InChI=1S/C22H16Cl2N2O2/c23-18-8-7-13(9-19(18)24)12-26-20-6-2-5-16(14-3-1-4-15(25)10-14)17(20)11-21(26)22(27)28/h1-11H,12,25H2,(H,27,28). The first kappa shape index (κ1) is 18.4. The molecule has 4 aromatic rings. The number of aromatic carboxylic acids is 1. The van der Waals surface area contributed by atoms with Crippen LogP contribution in [0.3, 0.4) is 0 Å². The number of halogens is 2. The van der Waals surface area contributed by atoms with Gasteiger partial charge in [0.25, 0.3) is 0 Å². The van der Waals surface area contributed by atoms with Gasteiger partial charge < -0.3 is 15.4 Å². The van der Waals surface area contributed by atoms with Gasteiger partial charge in [-0.05, 0) is 53.1 Å². The van der Waals surface area contributed by atoms with Crippen molar-refractivity contribution in [1.29, 1.82) is 0 Å². The van der Waals surface area contributed by atoms with E-state index in [1.54, 1.807) is 22.8 Å². The van der Waals surface area contributed by atoms with Crippen molar-refractivity contribution >= 4 is 45.8 Å². The zero-order valence-electron chi connectivity index (χ0n) is 14.7. The molecule has 140 valence electrons. The number of carboxylic acids is 1. The Hall–Kier alpha value is -2.95. The van der Waals surface area contributed by atoms with Crippen LogP contribution in [0.4, 0.5) is 5.69 Å². The summed E-state index contributed by atoms with van der Waals surface area (Å²) in [7, 11) is 0. The molecule has 4 rings (SSSR count). The highest BCUT2D eigenvalue weighted by Gasteiger charge is 2.18. The molecule has 0 aliphatic heterocycles. The first-order valence-electron chi connectivity index (χ1n) is 8.59. The lowest BCUT2D eigenvalue weighted by Gasteiger charge is -2.10. The van der Waals surface area contributed by atoms with Crippen LogP contribution in [0.15, 0.2) is 66.7 Å². The van der Waals surface area contributed by atoms with E-state index in [2.05, 4.69) is 0 Å². The van der Waals surface area contributed by atoms with Crippen LogP contribution < -0.4 is 5.73 Å². The number of carboxylic acid groups (broad SMARTS) is 1. The highest BCUT2D eigenvalue weighted by molar-refractivity contribution is 6.42. The van der Waals surface area contributed by atoms with Crippen molar-refractivity contribution in [3.05, 3.63) is 88.0 Å². The third-order valence-corrected chi connectivity index (χ3v) is 5.43. The van der Waals surface area contributed by atoms with E-state index in [-0.39, 0.29) is 5.69 Å². The molecule has 0 bridgehead atoms. The van der Waals surface area contributed by atoms with Crippen LogP contribution in [0.2, 0.25) is 10.0 Å². The molecular formula is C22H16Cl2N2O2. The van der Waals surface area contributed by atoms with Crippen molar-refractivity contribution < 1.29 is 9.90 Å². The summed E-state index contributed by atoms with van der Waals surface area (Å²) in [5, 5.41) is 11.5. The summed E-state index contributed by atoms with van der Waals surface area (Å²) in [5.41, 5.74) is 10.3. The zero-order valence-corrected chi connectivity index (χ0v) is 16.2. The van der Waals surface area contributed by atoms with Gasteiger partial charge in [-0.3, -0.25) is 0 Å². The molecule has 0 amide bonds. The number of hydrogen-bond donors (Lipinski definition) is 2. The van der Waals surface area contributed by atoms with Gasteiger partial charge in [-0.25, -0.2) is 4.79 Å². The second-order valence-corrected chi connectivity index (χ2v) is 7.35. The SMILES string of the molecule is Nc1cccc(-c2cccc3c2cc(C(=O)O)n3Cc2ccc(Cl)c(Cl)c2)c1. The van der Waals surface area contributed by atoms with Crippen LogP contribution in [-0.4, -0.2) is 15.6 Å². The Morgan fingerprint density at radius 2 is 1.75 bits per heavy atom. The maximum Gasteiger partial charge on any atom is 0.352 e. The normalized spacial score (nSPS) is 11.1. The van der Waals surface area contributed by atoms with E-state index in [9.17, 15) is 9.90 Å². The van der Waals surface area contributed by atoms with E-state index in [0.717, 1.165) is 27.6 Å². The van der Waals surface area contributed by atoms with Crippen LogP contribution in [0.25, 0.3) is 22.0 Å². The largest absolute Gasteiger partial charge is 0.477 e. The van der Waals surface area contributed by atoms with Gasteiger partial charge in [0, 0.05) is 23.1 Å². The van der Waals surface area contributed by atoms with Crippen molar-refractivity contribution in [2.75, 3.05) is 5.73 Å². The Morgan fingerprint density at radius 1 is 0.964 bits per heavy atom. The summed E-state index contributed by atoms with van der Waals surface area (Å²) < 4.78 is 1.77. The number of nitrogens with zero attached hydrogens (tertiary/aromatic N) is 1. The first-order chi connectivity index (χ1) is 13.4. The van der Waals surface area contributed by atoms with E-state index in [1.807, 2.05) is 48.5 Å². The molecule has 0 aliphatic rings. The molecule has 28 heavy (non-hydrogen) atoms. The molecule has 0 atom stereocenters. The minimum Gasteiger partial charge on any atom is -0.477 e. The fraction of sp³-hybridized carbons (Fsp3) is 0.0455. The van der Waals surface area contributed by atoms with Gasteiger partial charge in [0.15, 0.2) is 0 Å². The summed E-state index contributed by atoms with van der Waals surface area (Å²) in [6.45, 7) is 0.363. The van der Waals surface area contributed by atoms with Crippen LogP contribution in [-0.2, 0) is 6.54 Å². The quantitative estimate of drug-likeness (QED) is 0.408. The lowest BCUT2D eigenvalue weighted by atomic mass is 10.0. The number of fused-ring (bicyclic) bond motifs is 1. The van der Waals surface area contributed by atoms with Gasteiger partial charge in [0.1, 0.15) is 5.69 Å². The van der Waals surface area contributed by atoms with Gasteiger partial charge in [-0.15, -0.1) is 0 Å². The first-order valence-corrected chi connectivity index (χ1v) is 9.35. The average molecular weight is 411 g/mol. The molecule has 0 saturated heterocycles. The molecule has 0 saturated carbocycles. The molecule has 0 fully saturated rings. The Morgan fingerprint density at radius 3 is 2.46 bits per heavy atom. The monoisotopic (exact) mass is 410 g/mol. The smallest absolute Gasteiger partial charge is 0.352 e. The number of anilines is 1. The highest BCUT2D eigenvalue weighted by Crippen LogP contribution is 2.33. The fourth-order valence-corrected chi connectivity index (χ4v) is 3.73. The van der Waals surface area contributed by atoms with E-state index in [0.29, 0.717) is 22.3 Å². The molecule has 0 radical (unpaired) electrons. The summed E-state index contributed by atoms with van der Waals surface area (Å²) >= 11 is 12.1. The second kappa shape index (κ2) is 7.23. The molecule has 3 aromatic carbocycles. The highest BCUT2D eigenvalue weighted by atomic mass is 35.5. The second-order valence-electron chi connectivity index (χ2n) is 6.53. The summed E-state index contributed by atoms with van der Waals surface area (Å²) in [4.78, 5) is 11.9. The molecule has 0 aliphatic carbocycles. The van der Waals surface area contributed by atoms with Gasteiger partial charge in [-0.1, -0.05) is 53.5 Å². The van der Waals surface area contributed by atoms with Crippen molar-refractivity contribution in [1.82, 2.24) is 4.57 Å². The predicted molar refractivity (Wildman–Crippen MR) is 114 cm³/mol. The minimum absolute atomic E-state index is 0.206. The molecule has 6 heteroatoms. The molecule has 1 aromatic heterocycles. The summed E-state index contributed by atoms with van der Waals surface area (Å²) in [6.07, 6.45) is 0. The number of aromatic nitrogens is 1. The van der Waals surface area contributed by atoms with Crippen LogP contribution >= 0.6 is 23.2 Å². The average Bonchev–Trinajstić information content (AvgIpc) is 3.03. The summed E-state index contributed by atoms with van der Waals surface area (Å²) in [6, 6.07) is 20.3. The van der Waals surface area contributed by atoms with Crippen molar-refractivity contribution in [3.63, 3.8) is 0 Å². The topological polar surface area (TPSA) is 68.2 Å². The number of carbonyl (C=O) groups is 1. The van der Waals surface area contributed by atoms with Crippen molar-refractivity contribution in [2.24, 2.45) is 0 Å². The lowest BCUT2D eigenvalue weighted by molar-refractivity contribution is 0.0686. The molecule has 4 nitrogen and oxygen atoms in total. The van der Waals surface area contributed by atoms with Gasteiger partial charge in [-0.2, -0.15) is 0 Å². The Kier molecular flexibility index (Phi) is 4.75. The predicted octanol–water partition coefficient (Wildman–Crippen LogP) is 5.94. The van der Waals surface area contributed by atoms with Crippen LogP contribution in [0.5, 0.6) is 0 Å². The Bertz CT molecular complexity index is 1210. The maximum atomic E-state index is 11.9. The summed E-state index contributed by atoms with van der Waals surface area (Å²) in [5.74, 6) is -0.991. The number of rotatable bonds is 4. The third-order valence-electron chi connectivity index (χ3n) is 4.69. The molecule has 0 spiro atoms. The number of benzene rings is 3. The number of hydrogen-bond acceptors (Lipinski definition) is 2. The zero-order chi connectivity index (χ0) is 19.8. The molecule has 3 N–H and O–H groups in total. The van der Waals surface area contributed by atoms with E-state index < -0.39 is 5.97 Å². The van der Waals surface area contributed by atoms with Crippen LogP contribution in [0, 0.1) is 0 Å². The van der Waals surface area contributed by atoms with Gasteiger partial charge in [0.2, 0.25) is 0 Å². The van der Waals surface area contributed by atoms with E-state index in [1.165, 1.54) is 0 Å². The number of nitrogen functional groups attached to an aromatic ring is 1. The van der Waals surface area contributed by atoms with Crippen molar-refractivity contribution in [3.8, 4) is 11.1 Å². The molecular weight excluding hydrogens is 395 g/mol. The van der Waals surface area contributed by atoms with Gasteiger partial charge in [0.05, 0.1) is 10.0 Å². The van der Waals surface area contributed by atoms with Crippen LogP contribution in [0.1, 0.15) is 16.1 Å². The van der Waals surface area contributed by atoms with E-state index in [4.69, 9.17) is 28.9 Å². The fourth-order valence-electron chi connectivity index (χ4n) is 3.41. The van der Waals surface area contributed by atoms with E-state index >= 15 is 0 Å². The third kappa shape index (κ3) is 3.33. The Labute approximate surface area is 171 Å².